The minimum atomic E-state index is -2.67. The first-order valence-electron chi connectivity index (χ1n) is 24.8. The maximum Gasteiger partial charge on any atom is 0.367 e. The number of thiophene rings is 2. The zero-order chi connectivity index (χ0) is 55.7. The van der Waals surface area contributed by atoms with Gasteiger partial charge in [0.1, 0.15) is 56.6 Å². The van der Waals surface area contributed by atoms with Gasteiger partial charge in [0.2, 0.25) is 0 Å². The number of amides is 2. The number of hydrogen-bond donors (Lipinski definition) is 0. The Bertz CT molecular complexity index is 3380. The topological polar surface area (TPSA) is 189 Å². The third-order valence-electron chi connectivity index (χ3n) is 13.0. The van der Waals surface area contributed by atoms with Crippen LogP contribution in [0.3, 0.4) is 0 Å². The summed E-state index contributed by atoms with van der Waals surface area (Å²) < 4.78 is 38.4. The van der Waals surface area contributed by atoms with Crippen molar-refractivity contribution in [1.82, 2.24) is 9.80 Å². The second kappa shape index (κ2) is 22.7. The molecule has 0 aliphatic carbocycles. The van der Waals surface area contributed by atoms with Crippen molar-refractivity contribution in [3.63, 3.8) is 0 Å². The quantitative estimate of drug-likeness (QED) is 0.0384. The van der Waals surface area contributed by atoms with Crippen LogP contribution in [0.25, 0.3) is 20.9 Å². The molecule has 80 heavy (non-hydrogen) atoms. The fraction of sp³-hybridized carbons (Fsp3) is 0.172. The van der Waals surface area contributed by atoms with E-state index in [4.69, 9.17) is 62.8 Å². The molecule has 22 heteroatoms. The van der Waals surface area contributed by atoms with E-state index in [0.29, 0.717) is 44.0 Å². The first kappa shape index (κ1) is 54.1. The van der Waals surface area contributed by atoms with Gasteiger partial charge in [-0.1, -0.05) is 146 Å². The Kier molecular flexibility index (Phi) is 15.4. The Morgan fingerprint density at radius 1 is 0.487 bits per heavy atom. The number of ether oxygens (including phenoxy) is 6. The van der Waals surface area contributed by atoms with E-state index in [1.807, 2.05) is 24.3 Å². The first-order valence-corrected chi connectivity index (χ1v) is 28.8. The summed E-state index contributed by atoms with van der Waals surface area (Å²) in [6.45, 7) is 3.10. The zero-order valence-corrected chi connectivity index (χ0v) is 47.1. The van der Waals surface area contributed by atoms with Crippen LogP contribution in [0.5, 0.6) is 11.5 Å². The van der Waals surface area contributed by atoms with Crippen molar-refractivity contribution in [2.75, 3.05) is 13.1 Å². The van der Waals surface area contributed by atoms with Crippen molar-refractivity contribution < 1.29 is 57.2 Å². The van der Waals surface area contributed by atoms with E-state index >= 15 is 19.2 Å². The van der Waals surface area contributed by atoms with Crippen LogP contribution in [0.1, 0.15) is 47.2 Å². The van der Waals surface area contributed by atoms with Gasteiger partial charge < -0.3 is 28.4 Å². The summed E-state index contributed by atoms with van der Waals surface area (Å²) in [4.78, 5) is 101. The number of fused-ring (bicyclic) bond motifs is 6. The first-order chi connectivity index (χ1) is 38.8. The predicted octanol–water partition coefficient (Wildman–Crippen LogP) is 11.1. The van der Waals surface area contributed by atoms with Crippen molar-refractivity contribution in [1.29, 1.82) is 0 Å². The summed E-state index contributed by atoms with van der Waals surface area (Å²) in [5.74, 6) is -5.49. The van der Waals surface area contributed by atoms with Gasteiger partial charge in [-0.3, -0.25) is 19.4 Å². The van der Waals surface area contributed by atoms with Gasteiger partial charge in [0, 0.05) is 45.1 Å². The molecule has 0 N–H and O–H groups in total. The molecular weight excluding hydrogens is 1140 g/mol. The predicted molar refractivity (Wildman–Crippen MR) is 312 cm³/mol. The minimum absolute atomic E-state index is 0.0462. The average molecular weight is 1180 g/mol. The molecule has 0 spiro atoms. The van der Waals surface area contributed by atoms with Crippen LogP contribution < -0.4 is 9.47 Å². The molecule has 0 unspecified atom stereocenters. The van der Waals surface area contributed by atoms with Crippen molar-refractivity contribution >= 4 is 135 Å². The molecular formula is C58H42N4O12S6. The Labute approximate surface area is 484 Å². The summed E-state index contributed by atoms with van der Waals surface area (Å²) in [6.07, 6.45) is 0. The molecule has 11 rings (SSSR count). The highest BCUT2D eigenvalue weighted by Gasteiger charge is 2.61. The SMILES string of the molecule is CCN1C(=O)C(=Nc2cc3c(s2)-c2cc4c(cc2OC3(C(=O)OCc2ccccc2)C(=O)OCc2ccccc2)-c2sc(N=C3SC(=S)N(CC)C3=O)cc2C(C(=O)OCc2ccccc2)(C(=O)OCc2ccccc2)O4)SC1=S. The van der Waals surface area contributed by atoms with Crippen LogP contribution in [-0.2, 0) is 85.3 Å². The highest BCUT2D eigenvalue weighted by atomic mass is 32.2. The van der Waals surface area contributed by atoms with Crippen molar-refractivity contribution in [2.24, 2.45) is 9.98 Å². The molecule has 4 aliphatic rings. The molecule has 2 aromatic heterocycles. The number of nitrogens with zero attached hydrogens (tertiary/aromatic N) is 4. The van der Waals surface area contributed by atoms with E-state index in [1.54, 1.807) is 111 Å². The molecule has 402 valence electrons. The number of carbonyl (C=O) groups excluding carboxylic acids is 6. The fourth-order valence-electron chi connectivity index (χ4n) is 9.03. The molecule has 0 bridgehead atoms. The molecule has 6 heterocycles. The monoisotopic (exact) mass is 1180 g/mol. The minimum Gasteiger partial charge on any atom is -0.459 e. The summed E-state index contributed by atoms with van der Waals surface area (Å²) >= 11 is 15.0. The lowest BCUT2D eigenvalue weighted by Crippen LogP contribution is -2.52. The van der Waals surface area contributed by atoms with Gasteiger partial charge in [-0.2, -0.15) is 0 Å². The number of carbonyl (C=O) groups is 6. The number of rotatable bonds is 16. The van der Waals surface area contributed by atoms with Gasteiger partial charge in [0.05, 0.1) is 0 Å². The van der Waals surface area contributed by atoms with Crippen LogP contribution in [-0.4, -0.2) is 77.3 Å². The molecule has 2 saturated heterocycles. The van der Waals surface area contributed by atoms with E-state index in [0.717, 1.165) is 46.2 Å². The van der Waals surface area contributed by atoms with Gasteiger partial charge in [0.15, 0.2) is 10.1 Å². The Balaban J connectivity index is 1.11. The maximum atomic E-state index is 15.2. The van der Waals surface area contributed by atoms with Crippen LogP contribution >= 0.6 is 70.6 Å². The third kappa shape index (κ3) is 10.1. The number of hydrogen-bond acceptors (Lipinski definition) is 20. The molecule has 16 nitrogen and oxygen atoms in total. The Morgan fingerprint density at radius 3 is 1.06 bits per heavy atom. The standard InChI is InChI=1S/C58H42N4O12S6/c1-3-61-49(63)47(79-55(61)75)59-43-27-39-45(77-43)37-25-42-38(26-41(37)73-57(39,51(65)69-29-33-17-9-5-10-18-33)52(66)70-30-34-19-11-6-12-20-34)46-40(28-44(78-46)60-48-50(64)62(4-2)56(76)80-48)58(74-42,53(67)71-31-35-21-13-7-14-22-35)54(68)72-32-36-23-15-8-16-24-36/h5-28H,3-4,29-32H2,1-2H3. The van der Waals surface area contributed by atoms with Gasteiger partial charge in [-0.15, -0.1) is 22.7 Å². The molecule has 0 radical (unpaired) electrons. The maximum absolute atomic E-state index is 15.2. The Hall–Kier alpha value is -7.86. The van der Waals surface area contributed by atoms with Crippen molar-refractivity contribution in [3.8, 4) is 32.4 Å². The highest BCUT2D eigenvalue weighted by molar-refractivity contribution is 8.35. The lowest BCUT2D eigenvalue weighted by molar-refractivity contribution is -0.185. The number of aliphatic imine (C=N–C) groups is 2. The third-order valence-corrected chi connectivity index (χ3v) is 17.8. The molecule has 5 aromatic carbocycles. The number of esters is 4. The van der Waals surface area contributed by atoms with Crippen molar-refractivity contribution in [3.05, 3.63) is 179 Å². The Morgan fingerprint density at radius 2 is 0.787 bits per heavy atom. The van der Waals surface area contributed by atoms with Gasteiger partial charge in [-0.25, -0.2) is 29.2 Å². The molecule has 0 atom stereocenters. The van der Waals surface area contributed by atoms with E-state index in [9.17, 15) is 9.59 Å². The normalized spacial score (nSPS) is 16.5. The molecule has 2 fully saturated rings. The van der Waals surface area contributed by atoms with Crippen LogP contribution in [0, 0.1) is 0 Å². The molecule has 7 aromatic rings. The van der Waals surface area contributed by atoms with Crippen molar-refractivity contribution in [2.45, 2.75) is 51.5 Å². The number of benzene rings is 5. The van der Waals surface area contributed by atoms with E-state index < -0.39 is 46.9 Å². The summed E-state index contributed by atoms with van der Waals surface area (Å²) in [5, 5.41) is 0.443. The highest BCUT2D eigenvalue weighted by Crippen LogP contribution is 2.59. The smallest absolute Gasteiger partial charge is 0.367 e. The van der Waals surface area contributed by atoms with Gasteiger partial charge >= 0.3 is 35.1 Å². The summed E-state index contributed by atoms with van der Waals surface area (Å²) in [6, 6.07) is 41.4. The van der Waals surface area contributed by atoms with Gasteiger partial charge in [0.25, 0.3) is 11.8 Å². The number of thiocarbonyl (C=S) groups is 2. The van der Waals surface area contributed by atoms with E-state index in [1.165, 1.54) is 34.1 Å². The van der Waals surface area contributed by atoms with Crippen LogP contribution in [0.4, 0.5) is 10.0 Å². The molecule has 0 saturated carbocycles. The van der Waals surface area contributed by atoms with Gasteiger partial charge in [-0.05, 0) is 83.9 Å². The lowest BCUT2D eigenvalue weighted by Gasteiger charge is -2.37. The van der Waals surface area contributed by atoms with Crippen LogP contribution in [0.2, 0.25) is 0 Å². The second-order valence-corrected chi connectivity index (χ2v) is 23.3. The van der Waals surface area contributed by atoms with Crippen LogP contribution in [0.15, 0.2) is 156 Å². The fourth-order valence-corrected chi connectivity index (χ4v) is 13.9. The zero-order valence-electron chi connectivity index (χ0n) is 42.2. The summed E-state index contributed by atoms with van der Waals surface area (Å²) in [7, 11) is 0. The van der Waals surface area contributed by atoms with E-state index in [2.05, 4.69) is 0 Å². The second-order valence-electron chi connectivity index (χ2n) is 18.0. The average Bonchev–Trinajstić information content (AvgIpc) is 4.41. The molecule has 4 aliphatic heterocycles. The van der Waals surface area contributed by atoms with E-state index in [-0.39, 0.29) is 90.0 Å². The largest absolute Gasteiger partial charge is 0.459 e. The molecule has 2 amide bonds. The lowest BCUT2D eigenvalue weighted by atomic mass is 9.85. The summed E-state index contributed by atoms with van der Waals surface area (Å²) in [5.41, 5.74) is -2.55. The number of thioether (sulfide) groups is 2.